The average molecular weight is 620 g/mol. The van der Waals surface area contributed by atoms with Crippen molar-refractivity contribution in [2.75, 3.05) is 16.6 Å². The van der Waals surface area contributed by atoms with Gasteiger partial charge in [-0.2, -0.15) is 13.2 Å². The van der Waals surface area contributed by atoms with Crippen LogP contribution in [0, 0.1) is 11.6 Å². The Labute approximate surface area is 248 Å². The van der Waals surface area contributed by atoms with Gasteiger partial charge in [-0.15, -0.1) is 0 Å². The van der Waals surface area contributed by atoms with E-state index < -0.39 is 38.3 Å². The first kappa shape index (κ1) is 31.2. The molecule has 1 radical (unpaired) electrons. The van der Waals surface area contributed by atoms with E-state index in [4.69, 9.17) is 0 Å². The number of hydrogen-bond donors (Lipinski definition) is 1. The van der Waals surface area contributed by atoms with Gasteiger partial charge in [0, 0.05) is 30.4 Å². The van der Waals surface area contributed by atoms with Crippen LogP contribution in [0.15, 0.2) is 59.9 Å². The topological polar surface area (TPSA) is 78.4 Å². The summed E-state index contributed by atoms with van der Waals surface area (Å²) in [4.78, 5) is 9.01. The van der Waals surface area contributed by atoms with Crippen LogP contribution in [0.4, 0.5) is 33.5 Å². The highest BCUT2D eigenvalue weighted by Gasteiger charge is 2.39. The molecule has 0 saturated heterocycles. The average Bonchev–Trinajstić information content (AvgIpc) is 2.94. The van der Waals surface area contributed by atoms with E-state index >= 15 is 8.78 Å². The van der Waals surface area contributed by atoms with Gasteiger partial charge in [-0.25, -0.2) is 27.2 Å². The normalized spacial score (nSPS) is 21.3. The Morgan fingerprint density at radius 1 is 1.02 bits per heavy atom. The lowest BCUT2D eigenvalue weighted by Crippen LogP contribution is -2.53. The van der Waals surface area contributed by atoms with Crippen LogP contribution in [-0.2, 0) is 16.2 Å². The van der Waals surface area contributed by atoms with Crippen molar-refractivity contribution in [2.24, 2.45) is 0 Å². The molecule has 0 bridgehead atoms. The van der Waals surface area contributed by atoms with Crippen molar-refractivity contribution in [2.45, 2.75) is 80.5 Å². The summed E-state index contributed by atoms with van der Waals surface area (Å²) in [5.41, 5.74) is -0.270. The predicted molar refractivity (Wildman–Crippen MR) is 154 cm³/mol. The van der Waals surface area contributed by atoms with Crippen LogP contribution in [0.2, 0.25) is 6.82 Å². The molecule has 1 aromatic heterocycles. The molecule has 2 saturated carbocycles. The molecule has 1 N–H and O–H groups in total. The van der Waals surface area contributed by atoms with E-state index in [0.29, 0.717) is 36.9 Å². The summed E-state index contributed by atoms with van der Waals surface area (Å²) in [7, 11) is -1.38. The number of aromatic nitrogens is 2. The van der Waals surface area contributed by atoms with Crippen molar-refractivity contribution in [1.29, 1.82) is 0 Å². The summed E-state index contributed by atoms with van der Waals surface area (Å²) in [6.45, 7) is 1.43. The number of rotatable bonds is 9. The standard InChI is InChI=1S/C29H32BF5N5O2S/c1-30-40(28-11-12-36-17-37-28)43(41,42)27-16-22(31)25(15-23(27)32)38-24-10-9-19(14-26(24)39(2)21-7-4-8-21)18-5-3-6-20(13-18)29(33,34)35/h3,5-6,11-13,15-17,19,21,24,26,38H,4,7-10,14H2,1-2H3/t19-,24-,26-/m0/s1. The summed E-state index contributed by atoms with van der Waals surface area (Å²) < 4.78 is 98.4. The van der Waals surface area contributed by atoms with E-state index in [1.54, 1.807) is 6.07 Å². The third kappa shape index (κ3) is 6.50. The SMILES string of the molecule is C[B]N(c1ccncn1)S(=O)(=O)c1cc(F)c(N[C@H]2CC[C@H](c3cccc(C(F)(F)F)c3)C[C@@H]2N(C)C2CCC2)cc1F. The van der Waals surface area contributed by atoms with Crippen molar-refractivity contribution >= 4 is 28.9 Å². The van der Waals surface area contributed by atoms with E-state index in [1.807, 2.05) is 7.05 Å². The van der Waals surface area contributed by atoms with Gasteiger partial charge in [0.05, 0.1) is 11.3 Å². The first-order valence-electron chi connectivity index (χ1n) is 14.1. The van der Waals surface area contributed by atoms with Crippen LogP contribution < -0.4 is 9.53 Å². The number of sulfonamides is 1. The highest BCUT2D eigenvalue weighted by molar-refractivity contribution is 7.94. The highest BCUT2D eigenvalue weighted by Crippen LogP contribution is 2.41. The molecule has 229 valence electrons. The fourth-order valence-corrected chi connectivity index (χ4v) is 7.45. The fourth-order valence-electron chi connectivity index (χ4n) is 6.05. The Morgan fingerprint density at radius 3 is 2.42 bits per heavy atom. The Kier molecular flexibility index (Phi) is 8.98. The van der Waals surface area contributed by atoms with Crippen molar-refractivity contribution < 1.29 is 30.4 Å². The molecule has 3 aromatic rings. The lowest BCUT2D eigenvalue weighted by Gasteiger charge is -2.47. The molecular weight excluding hydrogens is 588 g/mol. The number of hydrogen-bond acceptors (Lipinski definition) is 6. The lowest BCUT2D eigenvalue weighted by atomic mass is 9.76. The number of likely N-dealkylation sites (N-methyl/N-ethyl adjacent to an activating group) is 1. The molecular formula is C29H32BF5N5O2S. The first-order chi connectivity index (χ1) is 20.4. The number of anilines is 2. The summed E-state index contributed by atoms with van der Waals surface area (Å²) in [5.74, 6) is -2.24. The summed E-state index contributed by atoms with van der Waals surface area (Å²) in [5, 5.41) is 3.11. The molecule has 14 heteroatoms. The van der Waals surface area contributed by atoms with Gasteiger partial charge in [-0.1, -0.05) is 31.4 Å². The quantitative estimate of drug-likeness (QED) is 0.226. The number of nitrogens with zero attached hydrogens (tertiary/aromatic N) is 4. The van der Waals surface area contributed by atoms with Gasteiger partial charge in [-0.3, -0.25) is 4.90 Å². The third-order valence-corrected chi connectivity index (χ3v) is 10.4. The third-order valence-electron chi connectivity index (χ3n) is 8.60. The molecule has 5 rings (SSSR count). The molecule has 2 aliphatic carbocycles. The zero-order valence-corrected chi connectivity index (χ0v) is 24.5. The molecule has 2 fully saturated rings. The summed E-state index contributed by atoms with van der Waals surface area (Å²) in [6, 6.07) is 7.99. The molecule has 0 spiro atoms. The van der Waals surface area contributed by atoms with Gasteiger partial charge >= 0.3 is 6.18 Å². The Balaban J connectivity index is 1.40. The van der Waals surface area contributed by atoms with Gasteiger partial charge in [0.1, 0.15) is 28.7 Å². The molecule has 0 unspecified atom stereocenters. The van der Waals surface area contributed by atoms with Crippen LogP contribution >= 0.6 is 0 Å². The molecule has 2 aromatic carbocycles. The second-order valence-electron chi connectivity index (χ2n) is 11.1. The molecule has 0 aliphatic heterocycles. The monoisotopic (exact) mass is 620 g/mol. The van der Waals surface area contributed by atoms with Crippen molar-refractivity contribution in [1.82, 2.24) is 14.9 Å². The Hall–Kier alpha value is -3.26. The lowest BCUT2D eigenvalue weighted by molar-refractivity contribution is -0.137. The fraction of sp³-hybridized carbons (Fsp3) is 0.448. The molecule has 43 heavy (non-hydrogen) atoms. The molecule has 1 heterocycles. The smallest absolute Gasteiger partial charge is 0.378 e. The number of benzene rings is 2. The van der Waals surface area contributed by atoms with E-state index in [9.17, 15) is 21.6 Å². The van der Waals surface area contributed by atoms with E-state index in [1.165, 1.54) is 38.6 Å². The largest absolute Gasteiger partial charge is 0.416 e. The van der Waals surface area contributed by atoms with Crippen LogP contribution in [0.1, 0.15) is 55.6 Å². The minimum absolute atomic E-state index is 0.0288. The zero-order chi connectivity index (χ0) is 30.9. The van der Waals surface area contributed by atoms with Crippen molar-refractivity contribution in [3.05, 3.63) is 77.8 Å². The minimum atomic E-state index is -4.53. The zero-order valence-electron chi connectivity index (χ0n) is 23.7. The molecule has 0 amide bonds. The van der Waals surface area contributed by atoms with E-state index in [0.717, 1.165) is 41.9 Å². The van der Waals surface area contributed by atoms with Gasteiger partial charge in [0.15, 0.2) is 0 Å². The molecule has 3 atom stereocenters. The van der Waals surface area contributed by atoms with Crippen molar-refractivity contribution in [3.63, 3.8) is 0 Å². The second kappa shape index (κ2) is 12.4. The predicted octanol–water partition coefficient (Wildman–Crippen LogP) is 6.24. The molecule has 2 aliphatic rings. The second-order valence-corrected chi connectivity index (χ2v) is 12.9. The maximum absolute atomic E-state index is 15.5. The van der Waals surface area contributed by atoms with E-state index in [2.05, 4.69) is 20.2 Å². The van der Waals surface area contributed by atoms with Gasteiger partial charge in [0.25, 0.3) is 17.4 Å². The van der Waals surface area contributed by atoms with Crippen LogP contribution in [0.25, 0.3) is 0 Å². The van der Waals surface area contributed by atoms with Crippen LogP contribution in [0.5, 0.6) is 0 Å². The Morgan fingerprint density at radius 2 is 1.79 bits per heavy atom. The van der Waals surface area contributed by atoms with Gasteiger partial charge in [-0.05, 0) is 68.8 Å². The summed E-state index contributed by atoms with van der Waals surface area (Å²) in [6.07, 6.45) is 2.65. The van der Waals surface area contributed by atoms with Gasteiger partial charge in [0.2, 0.25) is 0 Å². The first-order valence-corrected chi connectivity index (χ1v) is 15.6. The van der Waals surface area contributed by atoms with Gasteiger partial charge < -0.3 is 9.53 Å². The number of halogens is 5. The van der Waals surface area contributed by atoms with E-state index in [-0.39, 0.29) is 29.5 Å². The molecule has 7 nitrogen and oxygen atoms in total. The number of nitrogens with one attached hydrogen (secondary N) is 1. The highest BCUT2D eigenvalue weighted by atomic mass is 32.2. The minimum Gasteiger partial charge on any atom is -0.378 e. The maximum atomic E-state index is 15.5. The Bertz CT molecular complexity index is 1540. The van der Waals surface area contributed by atoms with Crippen LogP contribution in [0.3, 0.4) is 0 Å². The van der Waals surface area contributed by atoms with Crippen molar-refractivity contribution in [3.8, 4) is 0 Å². The number of alkyl halides is 3. The van der Waals surface area contributed by atoms with Crippen LogP contribution in [-0.4, -0.2) is 55.9 Å². The maximum Gasteiger partial charge on any atom is 0.416 e. The summed E-state index contributed by atoms with van der Waals surface area (Å²) >= 11 is 0.